The zero-order chi connectivity index (χ0) is 17.6. The Morgan fingerprint density at radius 2 is 1.74 bits per heavy atom. The predicted molar refractivity (Wildman–Crippen MR) is 92.5 cm³/mol. The molecule has 0 fully saturated rings. The summed E-state index contributed by atoms with van der Waals surface area (Å²) in [4.78, 5) is 2.25. The molecule has 1 aromatic carbocycles. The van der Waals surface area contributed by atoms with Crippen LogP contribution in [0.25, 0.3) is 0 Å². The quantitative estimate of drug-likeness (QED) is 0.691. The lowest BCUT2D eigenvalue weighted by Crippen LogP contribution is -2.40. The molecule has 1 aromatic rings. The van der Waals surface area contributed by atoms with E-state index < -0.39 is 15.8 Å². The number of nitrogens with zero attached hydrogens (tertiary/aromatic N) is 2. The summed E-state index contributed by atoms with van der Waals surface area (Å²) in [5, 5.41) is 0. The molecular formula is C17H29FN2O2S. The topological polar surface area (TPSA) is 40.6 Å². The van der Waals surface area contributed by atoms with Crippen molar-refractivity contribution in [2.45, 2.75) is 39.5 Å². The van der Waals surface area contributed by atoms with E-state index in [1.165, 1.54) is 16.4 Å². The van der Waals surface area contributed by atoms with Crippen LogP contribution in [-0.2, 0) is 10.0 Å². The van der Waals surface area contributed by atoms with Gasteiger partial charge in [-0.05, 0) is 43.6 Å². The second kappa shape index (κ2) is 8.76. The minimum atomic E-state index is -3.69. The van der Waals surface area contributed by atoms with Gasteiger partial charge in [-0.1, -0.05) is 33.8 Å². The van der Waals surface area contributed by atoms with Gasteiger partial charge in [0.15, 0.2) is 0 Å². The fraction of sp³-hybridized carbons (Fsp3) is 0.647. The van der Waals surface area contributed by atoms with Crippen LogP contribution in [0.5, 0.6) is 0 Å². The van der Waals surface area contributed by atoms with Gasteiger partial charge in [0.2, 0.25) is 10.0 Å². The Bertz CT molecular complexity index is 599. The SMILES string of the molecule is CCN(CC)CCN(CC(C)C)S(=O)(=O)c1cc(F)ccc1C. The third-order valence-corrected chi connectivity index (χ3v) is 5.90. The van der Waals surface area contributed by atoms with Gasteiger partial charge in [0, 0.05) is 19.6 Å². The molecule has 0 aliphatic rings. The van der Waals surface area contributed by atoms with Crippen LogP contribution in [-0.4, -0.2) is 50.3 Å². The molecule has 0 aliphatic heterocycles. The predicted octanol–water partition coefficient (Wildman–Crippen LogP) is 3.12. The van der Waals surface area contributed by atoms with Gasteiger partial charge in [0.05, 0.1) is 4.90 Å². The first-order chi connectivity index (χ1) is 10.7. The number of aryl methyl sites for hydroxylation is 1. The molecule has 0 radical (unpaired) electrons. The number of sulfonamides is 1. The molecule has 4 nitrogen and oxygen atoms in total. The molecule has 0 N–H and O–H groups in total. The lowest BCUT2D eigenvalue weighted by atomic mass is 10.2. The van der Waals surface area contributed by atoms with Gasteiger partial charge in [0.1, 0.15) is 5.82 Å². The highest BCUT2D eigenvalue weighted by molar-refractivity contribution is 7.89. The molecule has 0 aromatic heterocycles. The first kappa shape index (κ1) is 20.1. The fourth-order valence-electron chi connectivity index (χ4n) is 2.50. The smallest absolute Gasteiger partial charge is 0.243 e. The zero-order valence-corrected chi connectivity index (χ0v) is 15.7. The highest BCUT2D eigenvalue weighted by Crippen LogP contribution is 2.22. The van der Waals surface area contributed by atoms with Gasteiger partial charge < -0.3 is 4.90 Å². The number of likely N-dealkylation sites (N-methyl/N-ethyl adjacent to an activating group) is 1. The average molecular weight is 344 g/mol. The van der Waals surface area contributed by atoms with Gasteiger partial charge in [-0.2, -0.15) is 4.31 Å². The Balaban J connectivity index is 3.10. The Morgan fingerprint density at radius 3 is 2.26 bits per heavy atom. The normalized spacial score (nSPS) is 12.6. The molecule has 132 valence electrons. The van der Waals surface area contributed by atoms with Crippen molar-refractivity contribution < 1.29 is 12.8 Å². The molecule has 1 rings (SSSR count). The Hall–Kier alpha value is -0.980. The summed E-state index contributed by atoms with van der Waals surface area (Å²) < 4.78 is 41.0. The van der Waals surface area contributed by atoms with Gasteiger partial charge in [-0.3, -0.25) is 0 Å². The minimum absolute atomic E-state index is 0.0673. The van der Waals surface area contributed by atoms with E-state index in [1.54, 1.807) is 6.92 Å². The number of hydrogen-bond acceptors (Lipinski definition) is 3. The minimum Gasteiger partial charge on any atom is -0.303 e. The standard InChI is InChI=1S/C17H29FN2O2S/c1-6-19(7-2)10-11-20(13-14(3)4)23(21,22)17-12-16(18)9-8-15(17)5/h8-9,12,14H,6-7,10-11,13H2,1-5H3. The van der Waals surface area contributed by atoms with E-state index in [4.69, 9.17) is 0 Å². The van der Waals surface area contributed by atoms with E-state index in [0.717, 1.165) is 19.2 Å². The van der Waals surface area contributed by atoms with Crippen molar-refractivity contribution in [1.29, 1.82) is 0 Å². The molecule has 0 aliphatic carbocycles. The summed E-state index contributed by atoms with van der Waals surface area (Å²) in [6.45, 7) is 13.1. The summed E-state index contributed by atoms with van der Waals surface area (Å²) in [5.41, 5.74) is 0.572. The maximum Gasteiger partial charge on any atom is 0.243 e. The Morgan fingerprint density at radius 1 is 1.13 bits per heavy atom. The molecule has 0 saturated heterocycles. The van der Waals surface area contributed by atoms with Crippen LogP contribution in [0.4, 0.5) is 4.39 Å². The van der Waals surface area contributed by atoms with Gasteiger partial charge in [0.25, 0.3) is 0 Å². The van der Waals surface area contributed by atoms with Crippen molar-refractivity contribution in [1.82, 2.24) is 9.21 Å². The first-order valence-corrected chi connectivity index (χ1v) is 9.65. The summed E-state index contributed by atoms with van der Waals surface area (Å²) in [6, 6.07) is 3.92. The molecule has 0 unspecified atom stereocenters. The van der Waals surface area contributed by atoms with Crippen LogP contribution in [0, 0.1) is 18.7 Å². The van der Waals surface area contributed by atoms with E-state index in [2.05, 4.69) is 18.7 Å². The molecule has 0 spiro atoms. The van der Waals surface area contributed by atoms with Crippen LogP contribution >= 0.6 is 0 Å². The molecule has 0 saturated carbocycles. The lowest BCUT2D eigenvalue weighted by molar-refractivity contribution is 0.262. The third-order valence-electron chi connectivity index (χ3n) is 3.90. The number of halogens is 1. The molecule has 0 amide bonds. The molecular weight excluding hydrogens is 315 g/mol. The lowest BCUT2D eigenvalue weighted by Gasteiger charge is -2.27. The average Bonchev–Trinajstić information content (AvgIpc) is 2.48. The van der Waals surface area contributed by atoms with E-state index >= 15 is 0 Å². The van der Waals surface area contributed by atoms with Crippen LogP contribution in [0.1, 0.15) is 33.3 Å². The monoisotopic (exact) mass is 344 g/mol. The van der Waals surface area contributed by atoms with Gasteiger partial charge >= 0.3 is 0 Å². The number of hydrogen-bond donors (Lipinski definition) is 0. The van der Waals surface area contributed by atoms with Crippen molar-refractivity contribution >= 4 is 10.0 Å². The highest BCUT2D eigenvalue weighted by atomic mass is 32.2. The van der Waals surface area contributed by atoms with Gasteiger partial charge in [-0.25, -0.2) is 12.8 Å². The van der Waals surface area contributed by atoms with Crippen molar-refractivity contribution in [2.75, 3.05) is 32.7 Å². The molecule has 0 bridgehead atoms. The van der Waals surface area contributed by atoms with Crippen molar-refractivity contribution in [2.24, 2.45) is 5.92 Å². The number of benzene rings is 1. The van der Waals surface area contributed by atoms with Crippen LogP contribution in [0.15, 0.2) is 23.1 Å². The van der Waals surface area contributed by atoms with Crippen LogP contribution in [0.2, 0.25) is 0 Å². The van der Waals surface area contributed by atoms with Crippen LogP contribution in [0.3, 0.4) is 0 Å². The van der Waals surface area contributed by atoms with Crippen molar-refractivity contribution in [3.63, 3.8) is 0 Å². The van der Waals surface area contributed by atoms with Crippen molar-refractivity contribution in [3.05, 3.63) is 29.6 Å². The third kappa shape index (κ3) is 5.55. The summed E-state index contributed by atoms with van der Waals surface area (Å²) >= 11 is 0. The van der Waals surface area contributed by atoms with E-state index in [-0.39, 0.29) is 10.8 Å². The molecule has 23 heavy (non-hydrogen) atoms. The second-order valence-electron chi connectivity index (χ2n) is 6.19. The van der Waals surface area contributed by atoms with Crippen molar-refractivity contribution in [3.8, 4) is 0 Å². The molecule has 6 heteroatoms. The molecule has 0 atom stereocenters. The second-order valence-corrected chi connectivity index (χ2v) is 8.10. The summed E-state index contributed by atoms with van der Waals surface area (Å²) in [5.74, 6) is -0.322. The van der Waals surface area contributed by atoms with E-state index in [0.29, 0.717) is 25.2 Å². The first-order valence-electron chi connectivity index (χ1n) is 8.21. The Labute approximate surface area is 140 Å². The maximum absolute atomic E-state index is 13.5. The van der Waals surface area contributed by atoms with Gasteiger partial charge in [-0.15, -0.1) is 0 Å². The Kier molecular flexibility index (Phi) is 7.64. The maximum atomic E-state index is 13.5. The van der Waals surface area contributed by atoms with Crippen LogP contribution < -0.4 is 0 Å². The fourth-order valence-corrected chi connectivity index (χ4v) is 4.33. The highest BCUT2D eigenvalue weighted by Gasteiger charge is 2.27. The zero-order valence-electron chi connectivity index (χ0n) is 14.8. The largest absolute Gasteiger partial charge is 0.303 e. The van der Waals surface area contributed by atoms with E-state index in [1.807, 2.05) is 13.8 Å². The number of rotatable bonds is 9. The summed E-state index contributed by atoms with van der Waals surface area (Å²) in [6.07, 6.45) is 0. The van der Waals surface area contributed by atoms with E-state index in [9.17, 15) is 12.8 Å². The summed E-state index contributed by atoms with van der Waals surface area (Å²) in [7, 11) is -3.69. The molecule has 0 heterocycles.